The first-order valence-electron chi connectivity index (χ1n) is 7.97. The molecule has 2 aromatic rings. The third-order valence-corrected chi connectivity index (χ3v) is 5.00. The van der Waals surface area contributed by atoms with Crippen LogP contribution in [0.2, 0.25) is 5.02 Å². The first-order valence-corrected chi connectivity index (χ1v) is 9.33. The average Bonchev–Trinajstić information content (AvgIpc) is 2.65. The van der Waals surface area contributed by atoms with Gasteiger partial charge in [0.2, 0.25) is 5.91 Å². The first-order chi connectivity index (χ1) is 12.1. The van der Waals surface area contributed by atoms with Crippen LogP contribution in [0, 0.1) is 0 Å². The highest BCUT2D eigenvalue weighted by atomic mass is 35.5. The van der Waals surface area contributed by atoms with Crippen molar-refractivity contribution in [3.05, 3.63) is 53.1 Å². The number of ether oxygens (including phenoxy) is 2. The van der Waals surface area contributed by atoms with Crippen LogP contribution in [-0.2, 0) is 4.79 Å². The fourth-order valence-corrected chi connectivity index (χ4v) is 3.24. The van der Waals surface area contributed by atoms with Gasteiger partial charge in [-0.1, -0.05) is 24.6 Å². The molecule has 1 N–H and O–H groups in total. The van der Waals surface area contributed by atoms with Gasteiger partial charge in [-0.15, -0.1) is 11.8 Å². The van der Waals surface area contributed by atoms with E-state index in [0.717, 1.165) is 16.9 Å². The zero-order valence-corrected chi connectivity index (χ0v) is 16.1. The number of thioether (sulfide) groups is 1. The molecule has 134 valence electrons. The number of methoxy groups -OCH3 is 2. The maximum atomic E-state index is 12.3. The molecule has 25 heavy (non-hydrogen) atoms. The van der Waals surface area contributed by atoms with Gasteiger partial charge in [0, 0.05) is 9.92 Å². The van der Waals surface area contributed by atoms with Crippen molar-refractivity contribution in [1.29, 1.82) is 0 Å². The molecule has 1 amide bonds. The molecule has 0 fully saturated rings. The Balaban J connectivity index is 1.98. The van der Waals surface area contributed by atoms with Gasteiger partial charge in [0.05, 0.1) is 26.0 Å². The van der Waals surface area contributed by atoms with Gasteiger partial charge in [-0.3, -0.25) is 4.79 Å². The van der Waals surface area contributed by atoms with Crippen LogP contribution in [-0.4, -0.2) is 25.9 Å². The number of halogens is 1. The molecule has 0 radical (unpaired) electrons. The monoisotopic (exact) mass is 379 g/mol. The summed E-state index contributed by atoms with van der Waals surface area (Å²) in [6, 6.07) is 13.1. The summed E-state index contributed by atoms with van der Waals surface area (Å²) in [6.45, 7) is 2.04. The lowest BCUT2D eigenvalue weighted by molar-refractivity contribution is -0.119. The zero-order valence-electron chi connectivity index (χ0n) is 14.5. The molecule has 0 aliphatic carbocycles. The molecule has 2 rings (SSSR count). The molecule has 0 saturated heterocycles. The molecule has 0 aromatic heterocycles. The van der Waals surface area contributed by atoms with E-state index in [1.807, 2.05) is 49.4 Å². The van der Waals surface area contributed by atoms with Crippen LogP contribution in [0.15, 0.2) is 47.4 Å². The lowest BCUT2D eigenvalue weighted by atomic mass is 10.0. The maximum Gasteiger partial charge on any atom is 0.230 e. The van der Waals surface area contributed by atoms with Crippen molar-refractivity contribution in [2.45, 2.75) is 24.3 Å². The number of carbonyl (C=O) groups excluding carboxylic acids is 1. The number of amides is 1. The Labute approximate surface area is 157 Å². The minimum Gasteiger partial charge on any atom is -0.493 e. The predicted octanol–water partition coefficient (Wildman–Crippen LogP) is 4.72. The minimum absolute atomic E-state index is 0.0124. The van der Waals surface area contributed by atoms with E-state index >= 15 is 0 Å². The molecule has 0 bridgehead atoms. The summed E-state index contributed by atoms with van der Waals surface area (Å²) in [5.41, 5.74) is 0.991. The summed E-state index contributed by atoms with van der Waals surface area (Å²) < 4.78 is 10.6. The highest BCUT2D eigenvalue weighted by molar-refractivity contribution is 8.00. The average molecular weight is 380 g/mol. The summed E-state index contributed by atoms with van der Waals surface area (Å²) in [5, 5.41) is 3.76. The van der Waals surface area contributed by atoms with Gasteiger partial charge in [-0.05, 0) is 48.4 Å². The van der Waals surface area contributed by atoms with Crippen molar-refractivity contribution in [1.82, 2.24) is 5.32 Å². The molecule has 6 heteroatoms. The number of rotatable bonds is 8. The first kappa shape index (κ1) is 19.5. The lowest BCUT2D eigenvalue weighted by Crippen LogP contribution is -2.29. The molecule has 2 aromatic carbocycles. The summed E-state index contributed by atoms with van der Waals surface area (Å²) in [5.74, 6) is 1.67. The number of hydrogen-bond donors (Lipinski definition) is 1. The highest BCUT2D eigenvalue weighted by Gasteiger charge is 2.15. The van der Waals surface area contributed by atoms with E-state index in [2.05, 4.69) is 5.32 Å². The summed E-state index contributed by atoms with van der Waals surface area (Å²) in [7, 11) is 3.20. The fourth-order valence-electron chi connectivity index (χ4n) is 2.41. The van der Waals surface area contributed by atoms with Crippen LogP contribution >= 0.6 is 23.4 Å². The van der Waals surface area contributed by atoms with Gasteiger partial charge >= 0.3 is 0 Å². The maximum absolute atomic E-state index is 12.3. The van der Waals surface area contributed by atoms with Gasteiger partial charge < -0.3 is 14.8 Å². The normalized spacial score (nSPS) is 11.7. The number of hydrogen-bond acceptors (Lipinski definition) is 4. The Morgan fingerprint density at radius 2 is 1.80 bits per heavy atom. The summed E-state index contributed by atoms with van der Waals surface area (Å²) >= 11 is 7.35. The van der Waals surface area contributed by atoms with E-state index in [0.29, 0.717) is 22.3 Å². The van der Waals surface area contributed by atoms with Crippen molar-refractivity contribution >= 4 is 29.3 Å². The summed E-state index contributed by atoms with van der Waals surface area (Å²) in [6.07, 6.45) is 0.785. The van der Waals surface area contributed by atoms with Crippen LogP contribution in [0.3, 0.4) is 0 Å². The van der Waals surface area contributed by atoms with Gasteiger partial charge in [0.15, 0.2) is 11.5 Å². The Morgan fingerprint density at radius 3 is 2.40 bits per heavy atom. The lowest BCUT2D eigenvalue weighted by Gasteiger charge is -2.19. The van der Waals surface area contributed by atoms with Crippen LogP contribution in [0.1, 0.15) is 24.9 Å². The number of nitrogens with one attached hydrogen (secondary N) is 1. The van der Waals surface area contributed by atoms with E-state index in [4.69, 9.17) is 21.1 Å². The van der Waals surface area contributed by atoms with E-state index in [1.165, 1.54) is 11.8 Å². The zero-order chi connectivity index (χ0) is 18.2. The number of benzene rings is 2. The quantitative estimate of drug-likeness (QED) is 0.674. The van der Waals surface area contributed by atoms with Crippen molar-refractivity contribution in [2.24, 2.45) is 0 Å². The second-order valence-electron chi connectivity index (χ2n) is 5.39. The van der Waals surface area contributed by atoms with E-state index in [9.17, 15) is 4.79 Å². The Hall–Kier alpha value is -1.85. The second kappa shape index (κ2) is 9.59. The molecular weight excluding hydrogens is 358 g/mol. The SMILES string of the molecule is CC[C@@H](NC(=O)CSc1ccc(Cl)cc1)c1ccc(OC)c(OC)c1. The van der Waals surface area contributed by atoms with Crippen molar-refractivity contribution in [3.63, 3.8) is 0 Å². The fraction of sp³-hybridized carbons (Fsp3) is 0.316. The van der Waals surface area contributed by atoms with Crippen molar-refractivity contribution < 1.29 is 14.3 Å². The second-order valence-corrected chi connectivity index (χ2v) is 6.87. The van der Waals surface area contributed by atoms with Gasteiger partial charge in [0.1, 0.15) is 0 Å². The molecule has 0 aliphatic heterocycles. The summed E-state index contributed by atoms with van der Waals surface area (Å²) in [4.78, 5) is 13.3. The van der Waals surface area contributed by atoms with Gasteiger partial charge in [0.25, 0.3) is 0 Å². The minimum atomic E-state index is -0.0712. The Bertz CT molecular complexity index is 706. The topological polar surface area (TPSA) is 47.6 Å². The van der Waals surface area contributed by atoms with Crippen molar-refractivity contribution in [3.8, 4) is 11.5 Å². The van der Waals surface area contributed by atoms with Crippen LogP contribution < -0.4 is 14.8 Å². The molecule has 0 spiro atoms. The molecule has 4 nitrogen and oxygen atoms in total. The van der Waals surface area contributed by atoms with E-state index in [1.54, 1.807) is 14.2 Å². The highest BCUT2D eigenvalue weighted by Crippen LogP contribution is 2.31. The smallest absolute Gasteiger partial charge is 0.230 e. The van der Waals surface area contributed by atoms with E-state index in [-0.39, 0.29) is 11.9 Å². The molecule has 0 heterocycles. The van der Waals surface area contributed by atoms with Crippen LogP contribution in [0.4, 0.5) is 0 Å². The third kappa shape index (κ3) is 5.58. The van der Waals surface area contributed by atoms with Gasteiger partial charge in [-0.2, -0.15) is 0 Å². The molecule has 0 aliphatic rings. The standard InChI is InChI=1S/C19H22ClNO3S/c1-4-16(13-5-10-17(23-2)18(11-13)24-3)21-19(22)12-25-15-8-6-14(20)7-9-15/h5-11,16H,4,12H2,1-3H3,(H,21,22)/t16-/m1/s1. The van der Waals surface area contributed by atoms with Gasteiger partial charge in [-0.25, -0.2) is 0 Å². The third-order valence-electron chi connectivity index (χ3n) is 3.74. The molecule has 0 saturated carbocycles. The van der Waals surface area contributed by atoms with Crippen LogP contribution in [0.5, 0.6) is 11.5 Å². The molecule has 0 unspecified atom stereocenters. The molecular formula is C19H22ClNO3S. The number of carbonyl (C=O) groups is 1. The Kier molecular flexibility index (Phi) is 7.47. The Morgan fingerprint density at radius 1 is 1.12 bits per heavy atom. The molecule has 1 atom stereocenters. The van der Waals surface area contributed by atoms with E-state index < -0.39 is 0 Å². The van der Waals surface area contributed by atoms with Crippen LogP contribution in [0.25, 0.3) is 0 Å². The largest absolute Gasteiger partial charge is 0.493 e. The predicted molar refractivity (Wildman–Crippen MR) is 103 cm³/mol. The van der Waals surface area contributed by atoms with Crippen molar-refractivity contribution in [2.75, 3.05) is 20.0 Å².